The molecule has 0 aliphatic carbocycles. The zero-order valence-corrected chi connectivity index (χ0v) is 20.5. The van der Waals surface area contributed by atoms with Crippen LogP contribution in [0, 0.1) is 16.0 Å². The summed E-state index contributed by atoms with van der Waals surface area (Å²) in [4.78, 5) is 45.6. The van der Waals surface area contributed by atoms with Gasteiger partial charge in [0.05, 0.1) is 22.3 Å². The molecule has 0 unspecified atom stereocenters. The maximum atomic E-state index is 13.9. The van der Waals surface area contributed by atoms with Gasteiger partial charge < -0.3 is 0 Å². The molecule has 0 saturated carbocycles. The van der Waals surface area contributed by atoms with E-state index in [9.17, 15) is 19.7 Å². The topological polar surface area (TPSA) is 93.0 Å². The molecule has 184 valence electrons. The third-order valence-electron chi connectivity index (χ3n) is 6.68. The highest BCUT2D eigenvalue weighted by atomic mass is 35.5. The fourth-order valence-electron chi connectivity index (χ4n) is 5.01. The second-order valence-corrected chi connectivity index (χ2v) is 9.65. The minimum absolute atomic E-state index is 0.158. The molecule has 2 aliphatic heterocycles. The number of rotatable bonds is 4. The number of fused-ring (bicyclic) bond motifs is 2. The summed E-state index contributed by atoms with van der Waals surface area (Å²) in [6.07, 6.45) is -1.14. The number of amides is 2. The number of hydrogen-bond donors (Lipinski definition) is 0. The Morgan fingerprint density at radius 2 is 1.59 bits per heavy atom. The van der Waals surface area contributed by atoms with Gasteiger partial charge in [0.1, 0.15) is 5.92 Å². The monoisotopic (exact) mass is 533 g/mol. The van der Waals surface area contributed by atoms with Crippen LogP contribution in [0.3, 0.4) is 0 Å². The van der Waals surface area contributed by atoms with Gasteiger partial charge >= 0.3 is 0 Å². The van der Waals surface area contributed by atoms with Crippen molar-refractivity contribution in [2.75, 3.05) is 9.96 Å². The quantitative estimate of drug-likeness (QED) is 0.178. The van der Waals surface area contributed by atoms with Gasteiger partial charge in [0, 0.05) is 22.2 Å². The summed E-state index contributed by atoms with van der Waals surface area (Å²) in [5.41, 5.74) is 1.10. The van der Waals surface area contributed by atoms with Crippen molar-refractivity contribution in [2.45, 2.75) is 12.1 Å². The minimum atomic E-state index is -1.14. The van der Waals surface area contributed by atoms with Crippen LogP contribution in [0.4, 0.5) is 17.1 Å². The number of hydrogen-bond acceptors (Lipinski definition) is 6. The maximum absolute atomic E-state index is 13.9. The van der Waals surface area contributed by atoms with Crippen LogP contribution in [0.1, 0.15) is 11.6 Å². The van der Waals surface area contributed by atoms with Gasteiger partial charge in [-0.15, -0.1) is 0 Å². The van der Waals surface area contributed by atoms with E-state index in [-0.39, 0.29) is 10.7 Å². The summed E-state index contributed by atoms with van der Waals surface area (Å²) in [6, 6.07) is 22.8. The van der Waals surface area contributed by atoms with Crippen molar-refractivity contribution in [1.29, 1.82) is 0 Å². The van der Waals surface area contributed by atoms with Crippen LogP contribution >= 0.6 is 23.2 Å². The van der Waals surface area contributed by atoms with Crippen LogP contribution in [0.2, 0.25) is 10.0 Å². The molecule has 0 radical (unpaired) electrons. The summed E-state index contributed by atoms with van der Waals surface area (Å²) >= 11 is 12.7. The highest BCUT2D eigenvalue weighted by molar-refractivity contribution is 6.35. The van der Waals surface area contributed by atoms with Crippen molar-refractivity contribution in [1.82, 2.24) is 0 Å². The van der Waals surface area contributed by atoms with Crippen molar-refractivity contribution < 1.29 is 19.3 Å². The second-order valence-electron chi connectivity index (χ2n) is 8.81. The van der Waals surface area contributed by atoms with E-state index < -0.39 is 34.8 Å². The highest BCUT2D eigenvalue weighted by Gasteiger charge is 2.60. The van der Waals surface area contributed by atoms with Crippen molar-refractivity contribution in [3.05, 3.63) is 111 Å². The first kappa shape index (κ1) is 23.4. The summed E-state index contributed by atoms with van der Waals surface area (Å²) < 4.78 is 0. The van der Waals surface area contributed by atoms with Gasteiger partial charge in [-0.1, -0.05) is 65.7 Å². The molecule has 2 saturated heterocycles. The number of imide groups is 1. The van der Waals surface area contributed by atoms with Crippen molar-refractivity contribution in [3.63, 3.8) is 0 Å². The first-order valence-corrected chi connectivity index (χ1v) is 12.1. The molecule has 2 amide bonds. The van der Waals surface area contributed by atoms with E-state index in [1.807, 2.05) is 30.3 Å². The van der Waals surface area contributed by atoms with Crippen LogP contribution in [-0.4, -0.2) is 22.8 Å². The summed E-state index contributed by atoms with van der Waals surface area (Å²) in [5, 5.41) is 15.3. The van der Waals surface area contributed by atoms with Gasteiger partial charge in [-0.05, 0) is 46.7 Å². The average Bonchev–Trinajstić information content (AvgIpc) is 3.39. The lowest BCUT2D eigenvalue weighted by Gasteiger charge is -2.29. The second kappa shape index (κ2) is 8.85. The molecule has 0 bridgehead atoms. The van der Waals surface area contributed by atoms with Gasteiger partial charge in [-0.3, -0.25) is 24.5 Å². The molecule has 10 heteroatoms. The van der Waals surface area contributed by atoms with Gasteiger partial charge in [0.2, 0.25) is 5.91 Å². The summed E-state index contributed by atoms with van der Waals surface area (Å²) in [5.74, 6) is -1.92. The standard InChI is InChI=1S/C27H17Cl2N3O5/c28-17-9-11-21(22(29)13-17)24-23-25(37-31(24)19-6-3-7-20(14-19)32(35)36)27(34)30(26(23)33)18-10-8-15-4-1-2-5-16(15)12-18/h1-14,23-25H/t23-,24-,25-/m1/s1. The van der Waals surface area contributed by atoms with Gasteiger partial charge in [0.25, 0.3) is 11.6 Å². The predicted octanol–water partition coefficient (Wildman–Crippen LogP) is 6.11. The molecule has 0 spiro atoms. The van der Waals surface area contributed by atoms with Crippen LogP contribution < -0.4 is 9.96 Å². The highest BCUT2D eigenvalue weighted by Crippen LogP contribution is 2.49. The summed E-state index contributed by atoms with van der Waals surface area (Å²) in [6.45, 7) is 0. The molecule has 0 aromatic heterocycles. The molecular formula is C27H17Cl2N3O5. The first-order valence-electron chi connectivity index (χ1n) is 11.4. The molecule has 4 aromatic carbocycles. The number of nitrogens with zero attached hydrogens (tertiary/aromatic N) is 3. The lowest BCUT2D eigenvalue weighted by molar-refractivity contribution is -0.384. The Kier molecular flexibility index (Phi) is 5.60. The Hall–Kier alpha value is -3.98. The Bertz CT molecular complexity index is 1610. The van der Waals surface area contributed by atoms with Crippen LogP contribution in [0.5, 0.6) is 0 Å². The Morgan fingerprint density at radius 1 is 0.811 bits per heavy atom. The van der Waals surface area contributed by atoms with E-state index in [1.165, 1.54) is 23.3 Å². The molecule has 8 nitrogen and oxygen atoms in total. The van der Waals surface area contributed by atoms with E-state index in [2.05, 4.69) is 0 Å². The number of nitro benzene ring substituents is 1. The number of carbonyl (C=O) groups excluding carboxylic acids is 2. The molecule has 3 atom stereocenters. The zero-order valence-electron chi connectivity index (χ0n) is 19.0. The largest absolute Gasteiger partial charge is 0.273 e. The third kappa shape index (κ3) is 3.81. The van der Waals surface area contributed by atoms with Crippen LogP contribution in [-0.2, 0) is 14.4 Å². The number of halogens is 2. The lowest BCUT2D eigenvalue weighted by Crippen LogP contribution is -2.37. The molecule has 6 rings (SSSR count). The first-order chi connectivity index (χ1) is 17.8. The number of anilines is 2. The lowest BCUT2D eigenvalue weighted by atomic mass is 9.90. The van der Waals surface area contributed by atoms with Crippen LogP contribution in [0.15, 0.2) is 84.9 Å². The van der Waals surface area contributed by atoms with E-state index in [0.29, 0.717) is 22.0 Å². The zero-order chi connectivity index (χ0) is 25.8. The molecule has 2 heterocycles. The Balaban J connectivity index is 1.45. The van der Waals surface area contributed by atoms with E-state index in [1.54, 1.807) is 36.4 Å². The van der Waals surface area contributed by atoms with Crippen molar-refractivity contribution >= 4 is 62.9 Å². The normalized spacial score (nSPS) is 21.1. The molecule has 37 heavy (non-hydrogen) atoms. The molecular weight excluding hydrogens is 517 g/mol. The summed E-state index contributed by atoms with van der Waals surface area (Å²) in [7, 11) is 0. The Labute approximate surface area is 220 Å². The molecule has 4 aromatic rings. The number of benzene rings is 4. The fourth-order valence-corrected chi connectivity index (χ4v) is 5.53. The number of nitro groups is 1. The SMILES string of the molecule is O=C1[C@@H]2[C@@H](c3ccc(Cl)cc3Cl)N(c3cccc([N+](=O)[O-])c3)O[C@H]2C(=O)N1c1ccc2ccccc2c1. The van der Waals surface area contributed by atoms with Gasteiger partial charge in [-0.25, -0.2) is 9.96 Å². The molecule has 2 fully saturated rings. The van der Waals surface area contributed by atoms with Gasteiger partial charge in [0.15, 0.2) is 6.10 Å². The van der Waals surface area contributed by atoms with E-state index in [4.69, 9.17) is 28.0 Å². The number of carbonyl (C=O) groups is 2. The van der Waals surface area contributed by atoms with Gasteiger partial charge in [-0.2, -0.15) is 0 Å². The fraction of sp³-hybridized carbons (Fsp3) is 0.111. The van der Waals surface area contributed by atoms with Crippen molar-refractivity contribution in [2.24, 2.45) is 5.92 Å². The third-order valence-corrected chi connectivity index (χ3v) is 7.25. The minimum Gasteiger partial charge on any atom is -0.273 e. The Morgan fingerprint density at radius 3 is 2.35 bits per heavy atom. The predicted molar refractivity (Wildman–Crippen MR) is 140 cm³/mol. The number of non-ortho nitro benzene ring substituents is 1. The number of hydroxylamine groups is 1. The van der Waals surface area contributed by atoms with Crippen molar-refractivity contribution in [3.8, 4) is 0 Å². The molecule has 0 N–H and O–H groups in total. The average molecular weight is 534 g/mol. The molecule has 2 aliphatic rings. The van der Waals surface area contributed by atoms with E-state index >= 15 is 0 Å². The smallest absolute Gasteiger partial charge is 0.271 e. The maximum Gasteiger partial charge on any atom is 0.271 e. The van der Waals surface area contributed by atoms with E-state index in [0.717, 1.165) is 15.7 Å². The van der Waals surface area contributed by atoms with Crippen LogP contribution in [0.25, 0.3) is 10.8 Å².